The van der Waals surface area contributed by atoms with Crippen molar-refractivity contribution in [3.05, 3.63) is 66.0 Å². The minimum atomic E-state index is -0.523. The number of rotatable bonds is 3. The second kappa shape index (κ2) is 6.19. The van der Waals surface area contributed by atoms with E-state index in [9.17, 15) is 14.0 Å². The lowest BCUT2D eigenvalue weighted by Gasteiger charge is -2.34. The molecule has 2 aromatic carbocycles. The molecule has 128 valence electrons. The van der Waals surface area contributed by atoms with E-state index in [1.54, 1.807) is 16.7 Å². The Labute approximate surface area is 149 Å². The Kier molecular flexibility index (Phi) is 4.00. The summed E-state index contributed by atoms with van der Waals surface area (Å²) < 4.78 is 13.0. The molecule has 2 amide bonds. The van der Waals surface area contributed by atoms with Gasteiger partial charge in [-0.3, -0.25) is 9.59 Å². The van der Waals surface area contributed by atoms with Crippen LogP contribution in [0.1, 0.15) is 18.4 Å². The molecule has 0 saturated carbocycles. The predicted molar refractivity (Wildman–Crippen MR) is 95.5 cm³/mol. The highest BCUT2D eigenvalue weighted by atomic mass is 32.2. The second-order valence-corrected chi connectivity index (χ2v) is 7.53. The molecule has 25 heavy (non-hydrogen) atoms. The number of carbonyl (C=O) groups is 2. The van der Waals surface area contributed by atoms with Gasteiger partial charge in [-0.15, -0.1) is 11.8 Å². The summed E-state index contributed by atoms with van der Waals surface area (Å²) >= 11 is 1.65. The van der Waals surface area contributed by atoms with E-state index in [2.05, 4.69) is 5.32 Å². The van der Waals surface area contributed by atoms with Crippen LogP contribution in [0.5, 0.6) is 0 Å². The number of benzene rings is 2. The maximum absolute atomic E-state index is 13.0. The zero-order valence-electron chi connectivity index (χ0n) is 13.4. The van der Waals surface area contributed by atoms with Gasteiger partial charge in [0.15, 0.2) is 0 Å². The number of hydrogen-bond donors (Lipinski definition) is 1. The number of halogens is 1. The molecule has 2 saturated heterocycles. The van der Waals surface area contributed by atoms with Gasteiger partial charge in [0, 0.05) is 17.9 Å². The van der Waals surface area contributed by atoms with Gasteiger partial charge in [0.05, 0.1) is 0 Å². The Morgan fingerprint density at radius 1 is 1.16 bits per heavy atom. The largest absolute Gasteiger partial charge is 0.324 e. The molecule has 2 aromatic rings. The van der Waals surface area contributed by atoms with Crippen molar-refractivity contribution in [3.63, 3.8) is 0 Å². The molecular weight excluding hydrogens is 339 g/mol. The van der Waals surface area contributed by atoms with Gasteiger partial charge in [-0.2, -0.15) is 0 Å². The number of thioether (sulfide) groups is 1. The van der Waals surface area contributed by atoms with Gasteiger partial charge in [0.25, 0.3) is 0 Å². The zero-order chi connectivity index (χ0) is 17.4. The molecule has 0 aliphatic carbocycles. The van der Waals surface area contributed by atoms with Crippen LogP contribution in [0.25, 0.3) is 0 Å². The standard InChI is InChI=1S/C19H17FN2O2S/c20-14-6-8-15(9-7-14)21-18(24)16-12-25-19(11-10-17(23)22(16)19)13-4-2-1-3-5-13/h1-9,16H,10-12H2,(H,21,24)/t16-,19-/m0/s1. The summed E-state index contributed by atoms with van der Waals surface area (Å²) in [5.74, 6) is -0.0271. The first-order chi connectivity index (χ1) is 12.1. The molecule has 2 atom stereocenters. The van der Waals surface area contributed by atoms with E-state index in [1.165, 1.54) is 24.3 Å². The van der Waals surface area contributed by atoms with E-state index in [0.29, 0.717) is 24.3 Å². The van der Waals surface area contributed by atoms with Crippen LogP contribution in [0.2, 0.25) is 0 Å². The van der Waals surface area contributed by atoms with Crippen LogP contribution in [-0.2, 0) is 14.5 Å². The molecule has 2 aliphatic rings. The summed E-state index contributed by atoms with van der Waals surface area (Å²) in [6.45, 7) is 0. The van der Waals surface area contributed by atoms with Crippen molar-refractivity contribution in [1.82, 2.24) is 4.90 Å². The van der Waals surface area contributed by atoms with Crippen LogP contribution in [0.15, 0.2) is 54.6 Å². The van der Waals surface area contributed by atoms with E-state index in [4.69, 9.17) is 0 Å². The molecule has 0 aromatic heterocycles. The molecule has 6 heteroatoms. The normalized spacial score (nSPS) is 25.1. The minimum absolute atomic E-state index is 0.00751. The van der Waals surface area contributed by atoms with Crippen molar-refractivity contribution >= 4 is 29.3 Å². The molecule has 2 aliphatic heterocycles. The van der Waals surface area contributed by atoms with Gasteiger partial charge in [0.2, 0.25) is 11.8 Å². The van der Waals surface area contributed by atoms with Crippen LogP contribution in [0, 0.1) is 5.82 Å². The summed E-state index contributed by atoms with van der Waals surface area (Å²) in [6, 6.07) is 15.0. The first kappa shape index (κ1) is 16.1. The van der Waals surface area contributed by atoms with Gasteiger partial charge in [-0.05, 0) is 36.2 Å². The van der Waals surface area contributed by atoms with Gasteiger partial charge < -0.3 is 10.2 Å². The molecule has 2 fully saturated rings. The predicted octanol–water partition coefficient (Wildman–Crippen LogP) is 3.36. The highest BCUT2D eigenvalue weighted by Crippen LogP contribution is 2.54. The lowest BCUT2D eigenvalue weighted by atomic mass is 10.0. The number of nitrogens with zero attached hydrogens (tertiary/aromatic N) is 1. The van der Waals surface area contributed by atoms with Gasteiger partial charge in [-0.1, -0.05) is 30.3 Å². The van der Waals surface area contributed by atoms with Crippen molar-refractivity contribution < 1.29 is 14.0 Å². The van der Waals surface area contributed by atoms with E-state index in [-0.39, 0.29) is 17.6 Å². The lowest BCUT2D eigenvalue weighted by Crippen LogP contribution is -2.48. The van der Waals surface area contributed by atoms with Crippen LogP contribution in [-0.4, -0.2) is 28.5 Å². The molecule has 1 N–H and O–H groups in total. The van der Waals surface area contributed by atoms with Crippen LogP contribution < -0.4 is 5.32 Å². The second-order valence-electron chi connectivity index (χ2n) is 6.24. The topological polar surface area (TPSA) is 49.4 Å². The van der Waals surface area contributed by atoms with E-state index < -0.39 is 10.9 Å². The average molecular weight is 356 g/mol. The lowest BCUT2D eigenvalue weighted by molar-refractivity contribution is -0.136. The first-order valence-electron chi connectivity index (χ1n) is 8.18. The summed E-state index contributed by atoms with van der Waals surface area (Å²) in [4.78, 5) is 26.6. The minimum Gasteiger partial charge on any atom is -0.324 e. The number of hydrogen-bond acceptors (Lipinski definition) is 3. The maximum atomic E-state index is 13.0. The average Bonchev–Trinajstić information content (AvgIpc) is 3.17. The van der Waals surface area contributed by atoms with Gasteiger partial charge in [0.1, 0.15) is 16.7 Å². The molecule has 4 nitrogen and oxygen atoms in total. The van der Waals surface area contributed by atoms with Crippen molar-refractivity contribution in [2.24, 2.45) is 0 Å². The Morgan fingerprint density at radius 2 is 1.88 bits per heavy atom. The van der Waals surface area contributed by atoms with Crippen molar-refractivity contribution in [2.45, 2.75) is 23.8 Å². The van der Waals surface area contributed by atoms with Crippen molar-refractivity contribution in [3.8, 4) is 0 Å². The Hall–Kier alpha value is -2.34. The highest BCUT2D eigenvalue weighted by molar-refractivity contribution is 8.00. The van der Waals surface area contributed by atoms with E-state index in [0.717, 1.165) is 5.56 Å². The molecular formula is C19H17FN2O2S. The summed E-state index contributed by atoms with van der Waals surface area (Å²) in [6.07, 6.45) is 1.16. The van der Waals surface area contributed by atoms with Crippen molar-refractivity contribution in [1.29, 1.82) is 0 Å². The third-order valence-corrected chi connectivity index (χ3v) is 6.36. The number of nitrogens with one attached hydrogen (secondary N) is 1. The molecule has 0 spiro atoms. The number of fused-ring (bicyclic) bond motifs is 1. The number of carbonyl (C=O) groups excluding carboxylic acids is 2. The van der Waals surface area contributed by atoms with E-state index in [1.807, 2.05) is 30.3 Å². The van der Waals surface area contributed by atoms with Crippen LogP contribution >= 0.6 is 11.8 Å². The van der Waals surface area contributed by atoms with Crippen LogP contribution in [0.4, 0.5) is 10.1 Å². The molecule has 0 radical (unpaired) electrons. The van der Waals surface area contributed by atoms with Gasteiger partial charge >= 0.3 is 0 Å². The molecule has 2 heterocycles. The zero-order valence-corrected chi connectivity index (χ0v) is 14.3. The number of anilines is 1. The Balaban J connectivity index is 1.60. The summed E-state index contributed by atoms with van der Waals surface area (Å²) in [7, 11) is 0. The maximum Gasteiger partial charge on any atom is 0.248 e. The monoisotopic (exact) mass is 356 g/mol. The Bertz CT molecular complexity index is 812. The van der Waals surface area contributed by atoms with E-state index >= 15 is 0 Å². The fourth-order valence-corrected chi connectivity index (χ4v) is 5.25. The highest BCUT2D eigenvalue weighted by Gasteiger charge is 2.56. The smallest absolute Gasteiger partial charge is 0.248 e. The fourth-order valence-electron chi connectivity index (χ4n) is 3.59. The summed E-state index contributed by atoms with van der Waals surface area (Å²) in [5, 5.41) is 2.80. The third kappa shape index (κ3) is 2.70. The first-order valence-corrected chi connectivity index (χ1v) is 9.17. The molecule has 0 bridgehead atoms. The molecule has 4 rings (SSSR count). The molecule has 0 unspecified atom stereocenters. The third-order valence-electron chi connectivity index (χ3n) is 4.77. The van der Waals surface area contributed by atoms with Gasteiger partial charge in [-0.25, -0.2) is 4.39 Å². The fraction of sp³-hybridized carbons (Fsp3) is 0.263. The quantitative estimate of drug-likeness (QED) is 0.917. The SMILES string of the molecule is O=C(Nc1ccc(F)cc1)[C@@H]1CS[C@]2(c3ccccc3)CCC(=O)N12. The summed E-state index contributed by atoms with van der Waals surface area (Å²) in [5.41, 5.74) is 1.59. The van der Waals surface area contributed by atoms with Crippen molar-refractivity contribution in [2.75, 3.05) is 11.1 Å². The number of amides is 2. The Morgan fingerprint density at radius 3 is 2.60 bits per heavy atom. The van der Waals surface area contributed by atoms with Crippen LogP contribution in [0.3, 0.4) is 0 Å².